The third-order valence-corrected chi connectivity index (χ3v) is 3.68. The molecule has 1 aliphatic rings. The zero-order valence-electron chi connectivity index (χ0n) is 11.6. The highest BCUT2D eigenvalue weighted by Gasteiger charge is 2.27. The Kier molecular flexibility index (Phi) is 3.92. The van der Waals surface area contributed by atoms with Gasteiger partial charge in [-0.3, -0.25) is 9.59 Å². The van der Waals surface area contributed by atoms with Crippen molar-refractivity contribution in [1.82, 2.24) is 10.3 Å². The summed E-state index contributed by atoms with van der Waals surface area (Å²) in [6.07, 6.45) is 2.32. The van der Waals surface area contributed by atoms with Crippen molar-refractivity contribution < 1.29 is 19.5 Å². The standard InChI is InChI=1S/C14H18N2O4/c1-3-8(14(19)20)16-13(18)12-7(2)11-9(15-12)5-4-6-10(11)17/h8,15H,3-6H2,1-2H3,(H,16,18)(H,19,20). The molecule has 1 aromatic rings. The molecule has 0 fully saturated rings. The van der Waals surface area contributed by atoms with Gasteiger partial charge in [-0.25, -0.2) is 4.79 Å². The molecule has 0 radical (unpaired) electrons. The number of carbonyl (C=O) groups is 3. The topological polar surface area (TPSA) is 99.3 Å². The van der Waals surface area contributed by atoms with Crippen molar-refractivity contribution in [2.45, 2.75) is 45.6 Å². The molecule has 0 bridgehead atoms. The number of hydrogen-bond acceptors (Lipinski definition) is 3. The smallest absolute Gasteiger partial charge is 0.326 e. The van der Waals surface area contributed by atoms with Crippen molar-refractivity contribution >= 4 is 17.7 Å². The summed E-state index contributed by atoms with van der Waals surface area (Å²) < 4.78 is 0. The van der Waals surface area contributed by atoms with Crippen LogP contribution in [0.5, 0.6) is 0 Å². The molecule has 0 spiro atoms. The molecule has 6 nitrogen and oxygen atoms in total. The number of rotatable bonds is 4. The molecule has 0 saturated heterocycles. The van der Waals surface area contributed by atoms with Crippen molar-refractivity contribution in [1.29, 1.82) is 0 Å². The van der Waals surface area contributed by atoms with Gasteiger partial charge in [0.1, 0.15) is 11.7 Å². The second kappa shape index (κ2) is 5.48. The fourth-order valence-electron chi connectivity index (χ4n) is 2.57. The lowest BCUT2D eigenvalue weighted by atomic mass is 9.94. The van der Waals surface area contributed by atoms with Crippen LogP contribution in [0.2, 0.25) is 0 Å². The van der Waals surface area contributed by atoms with E-state index in [0.717, 1.165) is 18.5 Å². The molecule has 0 saturated carbocycles. The zero-order valence-corrected chi connectivity index (χ0v) is 11.6. The van der Waals surface area contributed by atoms with Crippen molar-refractivity contribution in [3.8, 4) is 0 Å². The molecule has 1 aliphatic carbocycles. The number of aromatic nitrogens is 1. The van der Waals surface area contributed by atoms with Gasteiger partial charge in [0.05, 0.1) is 0 Å². The molecular formula is C14H18N2O4. The van der Waals surface area contributed by atoms with Crippen LogP contribution in [0.1, 0.15) is 58.3 Å². The van der Waals surface area contributed by atoms with E-state index in [2.05, 4.69) is 10.3 Å². The van der Waals surface area contributed by atoms with Gasteiger partial charge in [-0.15, -0.1) is 0 Å². The molecule has 1 heterocycles. The number of aliphatic carboxylic acids is 1. The Bertz CT molecular complexity index is 574. The zero-order chi connectivity index (χ0) is 14.9. The maximum atomic E-state index is 12.1. The second-order valence-electron chi connectivity index (χ2n) is 5.03. The quantitative estimate of drug-likeness (QED) is 0.775. The van der Waals surface area contributed by atoms with Crippen LogP contribution in [-0.4, -0.2) is 33.8 Å². The number of carboxylic acids is 1. The molecule has 1 atom stereocenters. The van der Waals surface area contributed by atoms with Crippen molar-refractivity contribution in [3.05, 3.63) is 22.5 Å². The van der Waals surface area contributed by atoms with Gasteiger partial charge in [-0.05, 0) is 31.7 Å². The molecular weight excluding hydrogens is 260 g/mol. The number of aromatic amines is 1. The number of fused-ring (bicyclic) bond motifs is 1. The van der Waals surface area contributed by atoms with Gasteiger partial charge in [-0.1, -0.05) is 6.92 Å². The van der Waals surface area contributed by atoms with Gasteiger partial charge in [0.25, 0.3) is 5.91 Å². The highest BCUT2D eigenvalue weighted by atomic mass is 16.4. The Morgan fingerprint density at radius 1 is 1.40 bits per heavy atom. The predicted molar refractivity (Wildman–Crippen MR) is 72.0 cm³/mol. The lowest BCUT2D eigenvalue weighted by Crippen LogP contribution is -2.40. The summed E-state index contributed by atoms with van der Waals surface area (Å²) in [7, 11) is 0. The minimum atomic E-state index is -1.06. The fourth-order valence-corrected chi connectivity index (χ4v) is 2.57. The molecule has 1 unspecified atom stereocenters. The first kappa shape index (κ1) is 14.3. The first-order chi connectivity index (χ1) is 9.45. The first-order valence-electron chi connectivity index (χ1n) is 6.74. The van der Waals surface area contributed by atoms with E-state index in [-0.39, 0.29) is 5.78 Å². The number of carbonyl (C=O) groups excluding carboxylic acids is 2. The molecule has 1 aromatic heterocycles. The highest BCUT2D eigenvalue weighted by molar-refractivity contribution is 6.04. The maximum Gasteiger partial charge on any atom is 0.326 e. The van der Waals surface area contributed by atoms with Crippen molar-refractivity contribution in [2.24, 2.45) is 0 Å². The Hall–Kier alpha value is -2.11. The Morgan fingerprint density at radius 3 is 2.65 bits per heavy atom. The predicted octanol–water partition coefficient (Wildman–Crippen LogP) is 1.44. The van der Waals surface area contributed by atoms with Crippen LogP contribution < -0.4 is 5.32 Å². The lowest BCUT2D eigenvalue weighted by Gasteiger charge is -2.11. The van der Waals surface area contributed by atoms with E-state index in [0.29, 0.717) is 29.7 Å². The average molecular weight is 278 g/mol. The van der Waals surface area contributed by atoms with E-state index in [9.17, 15) is 14.4 Å². The summed E-state index contributed by atoms with van der Waals surface area (Å²) in [5.41, 5.74) is 2.30. The van der Waals surface area contributed by atoms with Crippen LogP contribution in [0.4, 0.5) is 0 Å². The molecule has 6 heteroatoms. The van der Waals surface area contributed by atoms with Crippen LogP contribution in [0.25, 0.3) is 0 Å². The number of amides is 1. The number of Topliss-reactive ketones (excluding diaryl/α,β-unsaturated/α-hetero) is 1. The fraction of sp³-hybridized carbons (Fsp3) is 0.500. The Labute approximate surface area is 116 Å². The van der Waals surface area contributed by atoms with Gasteiger partial charge < -0.3 is 15.4 Å². The molecule has 108 valence electrons. The number of H-pyrrole nitrogens is 1. The average Bonchev–Trinajstić information content (AvgIpc) is 2.74. The van der Waals surface area contributed by atoms with Gasteiger partial charge in [0.15, 0.2) is 5.78 Å². The number of aryl methyl sites for hydroxylation is 1. The van der Waals surface area contributed by atoms with Crippen LogP contribution in [0.15, 0.2) is 0 Å². The Balaban J connectivity index is 2.27. The van der Waals surface area contributed by atoms with Gasteiger partial charge in [-0.2, -0.15) is 0 Å². The minimum absolute atomic E-state index is 0.0457. The number of carboxylic acid groups (broad SMARTS) is 1. The minimum Gasteiger partial charge on any atom is -0.480 e. The molecule has 20 heavy (non-hydrogen) atoms. The summed E-state index contributed by atoms with van der Waals surface area (Å²) in [4.78, 5) is 38.0. The SMILES string of the molecule is CCC(NC(=O)c1[nH]c2c(c1C)C(=O)CCC2)C(=O)O. The van der Waals surface area contributed by atoms with E-state index >= 15 is 0 Å². The van der Waals surface area contributed by atoms with E-state index in [1.165, 1.54) is 0 Å². The third-order valence-electron chi connectivity index (χ3n) is 3.68. The molecule has 2 rings (SSSR count). The third kappa shape index (κ3) is 2.45. The van der Waals surface area contributed by atoms with Gasteiger partial charge >= 0.3 is 5.97 Å². The summed E-state index contributed by atoms with van der Waals surface area (Å²) in [5.74, 6) is -1.49. The molecule has 0 aromatic carbocycles. The second-order valence-corrected chi connectivity index (χ2v) is 5.03. The van der Waals surface area contributed by atoms with E-state index in [1.54, 1.807) is 13.8 Å². The van der Waals surface area contributed by atoms with E-state index < -0.39 is 17.9 Å². The summed E-state index contributed by atoms with van der Waals surface area (Å²) in [6, 6.07) is -0.919. The maximum absolute atomic E-state index is 12.1. The summed E-state index contributed by atoms with van der Waals surface area (Å²) >= 11 is 0. The van der Waals surface area contributed by atoms with Crippen LogP contribution >= 0.6 is 0 Å². The molecule has 1 amide bonds. The molecule has 0 aliphatic heterocycles. The summed E-state index contributed by atoms with van der Waals surface area (Å²) in [6.45, 7) is 3.41. The largest absolute Gasteiger partial charge is 0.480 e. The Morgan fingerprint density at radius 2 is 2.10 bits per heavy atom. The van der Waals surface area contributed by atoms with Crippen molar-refractivity contribution in [2.75, 3.05) is 0 Å². The highest BCUT2D eigenvalue weighted by Crippen LogP contribution is 2.26. The van der Waals surface area contributed by atoms with Crippen molar-refractivity contribution in [3.63, 3.8) is 0 Å². The normalized spacial score (nSPS) is 15.6. The van der Waals surface area contributed by atoms with Crippen LogP contribution in [-0.2, 0) is 11.2 Å². The number of ketones is 1. The van der Waals surface area contributed by atoms with E-state index in [4.69, 9.17) is 5.11 Å². The first-order valence-corrected chi connectivity index (χ1v) is 6.74. The van der Waals surface area contributed by atoms with Gasteiger partial charge in [0, 0.05) is 17.7 Å². The van der Waals surface area contributed by atoms with Crippen LogP contribution in [0, 0.1) is 6.92 Å². The monoisotopic (exact) mass is 278 g/mol. The number of hydrogen-bond donors (Lipinski definition) is 3. The van der Waals surface area contributed by atoms with Gasteiger partial charge in [0.2, 0.25) is 0 Å². The lowest BCUT2D eigenvalue weighted by molar-refractivity contribution is -0.139. The van der Waals surface area contributed by atoms with Crippen LogP contribution in [0.3, 0.4) is 0 Å². The number of nitrogens with one attached hydrogen (secondary N) is 2. The molecule has 3 N–H and O–H groups in total. The summed E-state index contributed by atoms with van der Waals surface area (Å²) in [5, 5.41) is 11.4. The van der Waals surface area contributed by atoms with E-state index in [1.807, 2.05) is 0 Å².